The Balaban J connectivity index is 1.69. The van der Waals surface area contributed by atoms with Gasteiger partial charge in [-0.3, -0.25) is 0 Å². The van der Waals surface area contributed by atoms with Gasteiger partial charge in [0.2, 0.25) is 5.16 Å². The number of benzene rings is 2. The van der Waals surface area contributed by atoms with E-state index in [9.17, 15) is 9.90 Å². The molecular weight excluding hydrogens is 388 g/mol. The molecule has 0 amide bonds. The van der Waals surface area contributed by atoms with E-state index in [1.807, 2.05) is 12.1 Å². The van der Waals surface area contributed by atoms with E-state index in [0.29, 0.717) is 27.1 Å². The van der Waals surface area contributed by atoms with E-state index in [0.717, 1.165) is 16.6 Å². The van der Waals surface area contributed by atoms with E-state index < -0.39 is 5.63 Å². The highest BCUT2D eigenvalue weighted by molar-refractivity contribution is 7.98. The molecule has 2 heterocycles. The first kappa shape index (κ1) is 17.6. The van der Waals surface area contributed by atoms with Crippen molar-refractivity contribution >= 4 is 34.3 Å². The molecule has 0 radical (unpaired) electrons. The maximum atomic E-state index is 11.9. The Hall–Kier alpha value is -2.84. The monoisotopic (exact) mass is 400 g/mol. The molecule has 0 fully saturated rings. The lowest BCUT2D eigenvalue weighted by Gasteiger charge is -2.08. The third-order valence-electron chi connectivity index (χ3n) is 4.07. The van der Waals surface area contributed by atoms with Crippen LogP contribution < -0.4 is 5.63 Å². The van der Waals surface area contributed by atoms with E-state index >= 15 is 0 Å². The smallest absolute Gasteiger partial charge is 0.336 e. The quantitative estimate of drug-likeness (QED) is 0.412. The summed E-state index contributed by atoms with van der Waals surface area (Å²) in [6.45, 7) is 1.71. The van der Waals surface area contributed by atoms with Gasteiger partial charge < -0.3 is 9.52 Å². The van der Waals surface area contributed by atoms with E-state index in [-0.39, 0.29) is 5.75 Å². The van der Waals surface area contributed by atoms with Crippen LogP contribution in [-0.4, -0.2) is 25.3 Å². The maximum Gasteiger partial charge on any atom is 0.336 e. The number of nitrogens with zero attached hydrogens (tertiary/aromatic N) is 4. The van der Waals surface area contributed by atoms with Gasteiger partial charge in [0.05, 0.1) is 5.69 Å². The van der Waals surface area contributed by atoms with Gasteiger partial charge in [0.25, 0.3) is 0 Å². The first-order valence-electron chi connectivity index (χ1n) is 7.95. The summed E-state index contributed by atoms with van der Waals surface area (Å²) in [5, 5.41) is 23.6. The van der Waals surface area contributed by atoms with E-state index in [2.05, 4.69) is 15.5 Å². The molecule has 0 saturated carbocycles. The molecule has 0 saturated heterocycles. The highest BCUT2D eigenvalue weighted by atomic mass is 35.5. The molecule has 0 aliphatic heterocycles. The second-order valence-electron chi connectivity index (χ2n) is 5.82. The maximum absolute atomic E-state index is 11.9. The Labute approximate surface area is 162 Å². The zero-order chi connectivity index (χ0) is 19.0. The third-order valence-corrected chi connectivity index (χ3v) is 5.27. The number of rotatable bonds is 4. The van der Waals surface area contributed by atoms with Gasteiger partial charge >= 0.3 is 5.63 Å². The Bertz CT molecular complexity index is 1200. The molecule has 2 aromatic carbocycles. The molecule has 0 aliphatic rings. The first-order valence-corrected chi connectivity index (χ1v) is 9.32. The minimum absolute atomic E-state index is 0.0837. The number of thioether (sulfide) groups is 1. The molecule has 0 atom stereocenters. The molecular formula is C18H13ClN4O3S. The number of halogens is 1. The highest BCUT2D eigenvalue weighted by Crippen LogP contribution is 2.30. The molecule has 4 rings (SSSR count). The number of hydrogen-bond donors (Lipinski definition) is 1. The molecule has 1 N–H and O–H groups in total. The van der Waals surface area contributed by atoms with E-state index in [4.69, 9.17) is 16.0 Å². The number of aryl methyl sites for hydroxylation is 1. The highest BCUT2D eigenvalue weighted by Gasteiger charge is 2.14. The van der Waals surface area contributed by atoms with Gasteiger partial charge in [0.1, 0.15) is 11.3 Å². The van der Waals surface area contributed by atoms with Gasteiger partial charge in [-0.15, -0.1) is 5.10 Å². The number of phenols is 1. The van der Waals surface area contributed by atoms with Crippen molar-refractivity contribution in [1.29, 1.82) is 0 Å². The first-order chi connectivity index (χ1) is 13.0. The predicted molar refractivity (Wildman–Crippen MR) is 103 cm³/mol. The van der Waals surface area contributed by atoms with Gasteiger partial charge in [-0.05, 0) is 53.2 Å². The average molecular weight is 401 g/mol. The van der Waals surface area contributed by atoms with Crippen LogP contribution in [0, 0.1) is 6.92 Å². The fourth-order valence-electron chi connectivity index (χ4n) is 2.72. The van der Waals surface area contributed by atoms with Crippen molar-refractivity contribution in [2.75, 3.05) is 0 Å². The van der Waals surface area contributed by atoms with Crippen LogP contribution in [0.1, 0.15) is 11.1 Å². The zero-order valence-corrected chi connectivity index (χ0v) is 15.7. The summed E-state index contributed by atoms with van der Waals surface area (Å²) in [7, 11) is 0. The Kier molecular flexibility index (Phi) is 4.59. The summed E-state index contributed by atoms with van der Waals surface area (Å²) in [5.41, 5.74) is 1.96. The number of fused-ring (bicyclic) bond motifs is 1. The summed E-state index contributed by atoms with van der Waals surface area (Å²) in [6, 6.07) is 12.0. The van der Waals surface area contributed by atoms with Crippen LogP contribution in [0.15, 0.2) is 56.8 Å². The van der Waals surface area contributed by atoms with Crippen molar-refractivity contribution in [2.45, 2.75) is 17.8 Å². The van der Waals surface area contributed by atoms with Crippen molar-refractivity contribution in [2.24, 2.45) is 0 Å². The van der Waals surface area contributed by atoms with Crippen LogP contribution >= 0.6 is 23.4 Å². The van der Waals surface area contributed by atoms with Crippen molar-refractivity contribution in [3.63, 3.8) is 0 Å². The Morgan fingerprint density at radius 3 is 2.93 bits per heavy atom. The van der Waals surface area contributed by atoms with Gasteiger partial charge in [0.15, 0.2) is 0 Å². The average Bonchev–Trinajstić information content (AvgIpc) is 3.12. The lowest BCUT2D eigenvalue weighted by Crippen LogP contribution is -2.02. The SMILES string of the molecule is Cc1c(O)ccc2c(CSc3nnnn3-c3cccc(Cl)c3)cc(=O)oc12. The molecule has 0 spiro atoms. The molecule has 2 aromatic heterocycles. The van der Waals surface area contributed by atoms with Crippen molar-refractivity contribution in [1.82, 2.24) is 20.2 Å². The minimum atomic E-state index is -0.471. The molecule has 27 heavy (non-hydrogen) atoms. The molecule has 4 aromatic rings. The molecule has 0 unspecified atom stereocenters. The van der Waals surface area contributed by atoms with Gasteiger partial charge in [-0.25, -0.2) is 4.79 Å². The van der Waals surface area contributed by atoms with Crippen LogP contribution in [0.3, 0.4) is 0 Å². The van der Waals surface area contributed by atoms with Crippen molar-refractivity contribution in [3.8, 4) is 11.4 Å². The molecule has 9 heteroatoms. The van der Waals surface area contributed by atoms with Gasteiger partial charge in [-0.1, -0.05) is 29.4 Å². The van der Waals surface area contributed by atoms with Crippen LogP contribution in [0.4, 0.5) is 0 Å². The number of aromatic hydroxyl groups is 1. The number of aromatic nitrogens is 4. The van der Waals surface area contributed by atoms with Gasteiger partial charge in [-0.2, -0.15) is 4.68 Å². The number of tetrazole rings is 1. The van der Waals surface area contributed by atoms with E-state index in [1.54, 1.807) is 35.9 Å². The minimum Gasteiger partial charge on any atom is -0.508 e. The Morgan fingerprint density at radius 1 is 1.26 bits per heavy atom. The standard InChI is InChI=1S/C18H13ClN4O3S/c1-10-15(24)6-5-14-11(7-16(25)26-17(10)14)9-27-18-20-21-22-23(18)13-4-2-3-12(19)8-13/h2-8,24H,9H2,1H3. The largest absolute Gasteiger partial charge is 0.508 e. The molecule has 0 bridgehead atoms. The summed E-state index contributed by atoms with van der Waals surface area (Å²) in [5.74, 6) is 0.535. The lowest BCUT2D eigenvalue weighted by molar-refractivity contribution is 0.468. The van der Waals surface area contributed by atoms with Crippen molar-refractivity contribution in [3.05, 3.63) is 69.0 Å². The topological polar surface area (TPSA) is 94.0 Å². The zero-order valence-electron chi connectivity index (χ0n) is 14.1. The number of hydrogen-bond acceptors (Lipinski definition) is 7. The second kappa shape index (κ2) is 7.05. The van der Waals surface area contributed by atoms with Crippen LogP contribution in [0.25, 0.3) is 16.7 Å². The van der Waals surface area contributed by atoms with Crippen LogP contribution in [-0.2, 0) is 5.75 Å². The fourth-order valence-corrected chi connectivity index (χ4v) is 3.78. The fraction of sp³-hybridized carbons (Fsp3) is 0.111. The molecule has 136 valence electrons. The summed E-state index contributed by atoms with van der Waals surface area (Å²) >= 11 is 7.42. The predicted octanol–water partition coefficient (Wildman–Crippen LogP) is 3.73. The van der Waals surface area contributed by atoms with E-state index in [1.165, 1.54) is 17.8 Å². The van der Waals surface area contributed by atoms with Crippen molar-refractivity contribution < 1.29 is 9.52 Å². The summed E-state index contributed by atoms with van der Waals surface area (Å²) in [4.78, 5) is 11.9. The van der Waals surface area contributed by atoms with Crippen LogP contribution in [0.2, 0.25) is 5.02 Å². The number of phenolic OH excluding ortho intramolecular Hbond substituents is 1. The summed E-state index contributed by atoms with van der Waals surface area (Å²) in [6.07, 6.45) is 0. The van der Waals surface area contributed by atoms with Crippen LogP contribution in [0.5, 0.6) is 5.75 Å². The lowest BCUT2D eigenvalue weighted by atomic mass is 10.1. The summed E-state index contributed by atoms with van der Waals surface area (Å²) < 4.78 is 6.86. The normalized spacial score (nSPS) is 11.2. The molecule has 7 nitrogen and oxygen atoms in total. The second-order valence-corrected chi connectivity index (χ2v) is 7.20. The Morgan fingerprint density at radius 2 is 2.11 bits per heavy atom. The molecule has 0 aliphatic carbocycles. The van der Waals surface area contributed by atoms with Gasteiger partial charge in [0, 0.05) is 27.8 Å². The third kappa shape index (κ3) is 3.41.